The van der Waals surface area contributed by atoms with Gasteiger partial charge in [0.1, 0.15) is 0 Å². The van der Waals surface area contributed by atoms with Gasteiger partial charge in [-0.2, -0.15) is 13.2 Å². The highest BCUT2D eigenvalue weighted by Gasteiger charge is 2.33. The van der Waals surface area contributed by atoms with Gasteiger partial charge in [0, 0.05) is 44.7 Å². The van der Waals surface area contributed by atoms with Crippen molar-refractivity contribution < 1.29 is 27.5 Å². The quantitative estimate of drug-likeness (QED) is 0.784. The van der Waals surface area contributed by atoms with Gasteiger partial charge in [0.25, 0.3) is 0 Å². The third-order valence-corrected chi connectivity index (χ3v) is 5.67. The fraction of sp³-hybridized carbons (Fsp3) is 0.619. The first kappa shape index (κ1) is 22.4. The second-order valence-corrected chi connectivity index (χ2v) is 7.98. The van der Waals surface area contributed by atoms with Crippen LogP contribution in [0.2, 0.25) is 0 Å². The van der Waals surface area contributed by atoms with Gasteiger partial charge < -0.3 is 15.0 Å². The number of hydrogen-bond acceptors (Lipinski definition) is 4. The first-order valence-corrected chi connectivity index (χ1v) is 10.4. The highest BCUT2D eigenvalue weighted by molar-refractivity contribution is 5.79. The lowest BCUT2D eigenvalue weighted by Gasteiger charge is -2.34. The standard InChI is InChI=1S/C21H28F3N3O3/c22-21(23,24)15-30-20(29)27-12-6-17(7-13-27)19(28)25-18-8-10-26(11-9-18)14-16-4-2-1-3-5-16/h1-5,17-18H,6-15H2,(H,25,28). The molecule has 0 aliphatic carbocycles. The number of nitrogens with zero attached hydrogens (tertiary/aromatic N) is 2. The van der Waals surface area contributed by atoms with Gasteiger partial charge in [0.05, 0.1) is 0 Å². The highest BCUT2D eigenvalue weighted by atomic mass is 19.4. The molecule has 2 heterocycles. The predicted octanol–water partition coefficient (Wildman–Crippen LogP) is 3.18. The molecular formula is C21H28F3N3O3. The molecule has 2 aliphatic heterocycles. The summed E-state index contributed by atoms with van der Waals surface area (Å²) >= 11 is 0. The van der Waals surface area contributed by atoms with Crippen LogP contribution >= 0.6 is 0 Å². The van der Waals surface area contributed by atoms with E-state index in [0.29, 0.717) is 12.8 Å². The normalized spacial score (nSPS) is 19.5. The van der Waals surface area contributed by atoms with E-state index >= 15 is 0 Å². The van der Waals surface area contributed by atoms with Crippen LogP contribution in [0.4, 0.5) is 18.0 Å². The SMILES string of the molecule is O=C(NC1CCN(Cc2ccccc2)CC1)C1CCN(C(=O)OCC(F)(F)F)CC1. The average molecular weight is 427 g/mol. The maximum atomic E-state index is 12.6. The molecule has 2 aliphatic rings. The van der Waals surface area contributed by atoms with E-state index in [1.54, 1.807) is 0 Å². The predicted molar refractivity (Wildman–Crippen MR) is 105 cm³/mol. The minimum atomic E-state index is -4.54. The summed E-state index contributed by atoms with van der Waals surface area (Å²) in [7, 11) is 0. The monoisotopic (exact) mass is 427 g/mol. The van der Waals surface area contributed by atoms with Gasteiger partial charge in [0.15, 0.2) is 6.61 Å². The summed E-state index contributed by atoms with van der Waals surface area (Å²) in [5.41, 5.74) is 1.28. The van der Waals surface area contributed by atoms with E-state index in [9.17, 15) is 22.8 Å². The topological polar surface area (TPSA) is 61.9 Å². The van der Waals surface area contributed by atoms with E-state index in [0.717, 1.165) is 32.5 Å². The second-order valence-electron chi connectivity index (χ2n) is 7.98. The van der Waals surface area contributed by atoms with Crippen LogP contribution in [0.25, 0.3) is 0 Å². The minimum Gasteiger partial charge on any atom is -0.440 e. The molecule has 2 amide bonds. The van der Waals surface area contributed by atoms with Gasteiger partial charge in [-0.05, 0) is 31.2 Å². The van der Waals surface area contributed by atoms with Gasteiger partial charge in [-0.15, -0.1) is 0 Å². The molecule has 3 rings (SSSR count). The van der Waals surface area contributed by atoms with Crippen molar-refractivity contribution in [2.75, 3.05) is 32.8 Å². The molecule has 6 nitrogen and oxygen atoms in total. The smallest absolute Gasteiger partial charge is 0.422 e. The zero-order chi connectivity index (χ0) is 21.6. The molecule has 0 unspecified atom stereocenters. The van der Waals surface area contributed by atoms with Gasteiger partial charge in [-0.25, -0.2) is 4.79 Å². The summed E-state index contributed by atoms with van der Waals surface area (Å²) in [4.78, 5) is 27.9. The third-order valence-electron chi connectivity index (χ3n) is 5.67. The molecule has 1 N–H and O–H groups in total. The van der Waals surface area contributed by atoms with Crippen LogP contribution in [0, 0.1) is 5.92 Å². The summed E-state index contributed by atoms with van der Waals surface area (Å²) < 4.78 is 40.7. The lowest BCUT2D eigenvalue weighted by molar-refractivity contribution is -0.162. The van der Waals surface area contributed by atoms with E-state index in [4.69, 9.17) is 0 Å². The van der Waals surface area contributed by atoms with Crippen molar-refractivity contribution >= 4 is 12.0 Å². The number of hydrogen-bond donors (Lipinski definition) is 1. The number of alkyl halides is 3. The third kappa shape index (κ3) is 6.90. The molecule has 2 saturated heterocycles. The number of amides is 2. The zero-order valence-electron chi connectivity index (χ0n) is 16.9. The number of nitrogens with one attached hydrogen (secondary N) is 1. The second kappa shape index (κ2) is 10.1. The Labute approximate surface area is 174 Å². The Morgan fingerprint density at radius 1 is 1.00 bits per heavy atom. The number of carbonyl (C=O) groups excluding carboxylic acids is 2. The molecule has 0 atom stereocenters. The zero-order valence-corrected chi connectivity index (χ0v) is 16.9. The van der Waals surface area contributed by atoms with Crippen molar-refractivity contribution in [1.29, 1.82) is 0 Å². The summed E-state index contributed by atoms with van der Waals surface area (Å²) in [6.07, 6.45) is -2.87. The van der Waals surface area contributed by atoms with Crippen LogP contribution < -0.4 is 5.32 Å². The number of likely N-dealkylation sites (tertiary alicyclic amines) is 2. The van der Waals surface area contributed by atoms with Crippen molar-refractivity contribution in [2.45, 2.75) is 44.4 Å². The van der Waals surface area contributed by atoms with E-state index < -0.39 is 18.9 Å². The lowest BCUT2D eigenvalue weighted by Crippen LogP contribution is -2.48. The molecule has 166 valence electrons. The van der Waals surface area contributed by atoms with Gasteiger partial charge in [-0.3, -0.25) is 9.69 Å². The highest BCUT2D eigenvalue weighted by Crippen LogP contribution is 2.21. The molecule has 0 aromatic heterocycles. The molecule has 0 spiro atoms. The molecule has 9 heteroatoms. The Kier molecular flexibility index (Phi) is 7.58. The Balaban J connectivity index is 1.35. The number of carbonyl (C=O) groups is 2. The Morgan fingerprint density at radius 2 is 1.63 bits per heavy atom. The molecule has 0 radical (unpaired) electrons. The van der Waals surface area contributed by atoms with Crippen LogP contribution in [-0.4, -0.2) is 66.8 Å². The van der Waals surface area contributed by atoms with E-state index in [1.165, 1.54) is 10.5 Å². The Bertz CT molecular complexity index is 698. The molecule has 1 aromatic rings. The van der Waals surface area contributed by atoms with Gasteiger partial charge in [-0.1, -0.05) is 30.3 Å². The first-order valence-electron chi connectivity index (χ1n) is 10.4. The number of rotatable bonds is 5. The van der Waals surface area contributed by atoms with Crippen LogP contribution in [0.5, 0.6) is 0 Å². The number of benzene rings is 1. The minimum absolute atomic E-state index is 0.0279. The fourth-order valence-corrected chi connectivity index (χ4v) is 3.96. The summed E-state index contributed by atoms with van der Waals surface area (Å²) in [5.74, 6) is -0.251. The molecule has 0 saturated carbocycles. The average Bonchev–Trinajstić information content (AvgIpc) is 2.74. The fourth-order valence-electron chi connectivity index (χ4n) is 3.96. The van der Waals surface area contributed by atoms with Crippen molar-refractivity contribution in [1.82, 2.24) is 15.1 Å². The molecule has 2 fully saturated rings. The molecule has 0 bridgehead atoms. The number of piperidine rings is 2. The maximum Gasteiger partial charge on any atom is 0.422 e. The maximum absolute atomic E-state index is 12.6. The molecule has 30 heavy (non-hydrogen) atoms. The van der Waals surface area contributed by atoms with E-state index in [1.807, 2.05) is 18.2 Å². The Hall–Kier alpha value is -2.29. The van der Waals surface area contributed by atoms with Crippen LogP contribution in [0.3, 0.4) is 0 Å². The summed E-state index contributed by atoms with van der Waals surface area (Å²) in [6.45, 7) is 1.61. The Morgan fingerprint density at radius 3 is 2.23 bits per heavy atom. The van der Waals surface area contributed by atoms with Gasteiger partial charge in [0.2, 0.25) is 5.91 Å². The number of halogens is 3. The van der Waals surface area contributed by atoms with Crippen molar-refractivity contribution in [3.8, 4) is 0 Å². The van der Waals surface area contributed by atoms with E-state index in [2.05, 4.69) is 27.1 Å². The summed E-state index contributed by atoms with van der Waals surface area (Å²) in [6, 6.07) is 10.4. The number of ether oxygens (including phenoxy) is 1. The van der Waals surface area contributed by atoms with Gasteiger partial charge >= 0.3 is 12.3 Å². The van der Waals surface area contributed by atoms with Crippen molar-refractivity contribution in [3.63, 3.8) is 0 Å². The molecule has 1 aromatic carbocycles. The van der Waals surface area contributed by atoms with E-state index in [-0.39, 0.29) is 31.0 Å². The van der Waals surface area contributed by atoms with Crippen molar-refractivity contribution in [2.24, 2.45) is 5.92 Å². The van der Waals surface area contributed by atoms with Crippen molar-refractivity contribution in [3.05, 3.63) is 35.9 Å². The summed E-state index contributed by atoms with van der Waals surface area (Å²) in [5, 5.41) is 3.11. The lowest BCUT2D eigenvalue weighted by atomic mass is 9.95. The molecular weight excluding hydrogens is 399 g/mol. The first-order chi connectivity index (χ1) is 14.3. The largest absolute Gasteiger partial charge is 0.440 e. The van der Waals surface area contributed by atoms with Crippen LogP contribution in [-0.2, 0) is 16.1 Å². The van der Waals surface area contributed by atoms with Crippen LogP contribution in [0.1, 0.15) is 31.2 Å². The van der Waals surface area contributed by atoms with Crippen LogP contribution in [0.15, 0.2) is 30.3 Å².